The number of esters is 2. The van der Waals surface area contributed by atoms with Crippen molar-refractivity contribution < 1.29 is 19.1 Å². The highest BCUT2D eigenvalue weighted by molar-refractivity contribution is 5.78. The van der Waals surface area contributed by atoms with E-state index in [-0.39, 0.29) is 23.8 Å². The summed E-state index contributed by atoms with van der Waals surface area (Å²) in [4.78, 5) is 23.3. The van der Waals surface area contributed by atoms with E-state index in [0.717, 1.165) is 5.57 Å². The Labute approximate surface area is 102 Å². The van der Waals surface area contributed by atoms with Crippen LogP contribution in [0, 0.1) is 11.8 Å². The Morgan fingerprint density at radius 1 is 1.24 bits per heavy atom. The molecule has 96 valence electrons. The summed E-state index contributed by atoms with van der Waals surface area (Å²) < 4.78 is 9.98. The highest BCUT2D eigenvalue weighted by atomic mass is 16.5. The van der Waals surface area contributed by atoms with Crippen molar-refractivity contribution in [2.45, 2.75) is 33.6 Å². The molecular formula is C13H20O4. The van der Waals surface area contributed by atoms with E-state index in [0.29, 0.717) is 26.1 Å². The molecule has 0 aromatic heterocycles. The summed E-state index contributed by atoms with van der Waals surface area (Å²) in [5.41, 5.74) is 1.05. The number of hydrogen-bond acceptors (Lipinski definition) is 4. The zero-order valence-electron chi connectivity index (χ0n) is 10.7. The number of carbonyl (C=O) groups excluding carboxylic acids is 2. The van der Waals surface area contributed by atoms with Gasteiger partial charge in [0.25, 0.3) is 0 Å². The second-order valence-corrected chi connectivity index (χ2v) is 4.26. The topological polar surface area (TPSA) is 52.6 Å². The molecule has 4 heteroatoms. The van der Waals surface area contributed by atoms with Crippen LogP contribution in [0.25, 0.3) is 0 Å². The zero-order valence-corrected chi connectivity index (χ0v) is 10.7. The Morgan fingerprint density at radius 2 is 1.82 bits per heavy atom. The summed E-state index contributed by atoms with van der Waals surface area (Å²) in [7, 11) is 0. The predicted octanol–water partition coefficient (Wildman–Crippen LogP) is 2.09. The fourth-order valence-corrected chi connectivity index (χ4v) is 2.11. The number of allylic oxidation sites excluding steroid dienone is 1. The third-order valence-corrected chi connectivity index (χ3v) is 2.80. The average molecular weight is 240 g/mol. The number of rotatable bonds is 4. The molecule has 4 nitrogen and oxygen atoms in total. The quantitative estimate of drug-likeness (QED) is 0.557. The lowest BCUT2D eigenvalue weighted by molar-refractivity contribution is -0.151. The number of hydrogen-bond donors (Lipinski definition) is 0. The first kappa shape index (κ1) is 13.7. The molecule has 0 spiro atoms. The van der Waals surface area contributed by atoms with Gasteiger partial charge in [-0.05, 0) is 33.6 Å². The minimum atomic E-state index is -0.307. The molecule has 0 aliphatic heterocycles. The first-order valence-electron chi connectivity index (χ1n) is 6.09. The van der Waals surface area contributed by atoms with Gasteiger partial charge in [0.1, 0.15) is 0 Å². The molecule has 0 N–H and O–H groups in total. The van der Waals surface area contributed by atoms with Crippen molar-refractivity contribution in [1.29, 1.82) is 0 Å². The molecule has 0 radical (unpaired) electrons. The van der Waals surface area contributed by atoms with E-state index < -0.39 is 0 Å². The number of carbonyl (C=O) groups is 2. The van der Waals surface area contributed by atoms with Crippen LogP contribution < -0.4 is 0 Å². The average Bonchev–Trinajstić information content (AvgIpc) is 2.29. The molecule has 0 saturated carbocycles. The fourth-order valence-electron chi connectivity index (χ4n) is 2.11. The van der Waals surface area contributed by atoms with Crippen LogP contribution in [0.3, 0.4) is 0 Å². The Morgan fingerprint density at radius 3 is 2.41 bits per heavy atom. The minimum Gasteiger partial charge on any atom is -0.466 e. The molecule has 0 saturated heterocycles. The summed E-state index contributed by atoms with van der Waals surface area (Å²) in [5, 5.41) is 0. The van der Waals surface area contributed by atoms with Crippen molar-refractivity contribution in [2.24, 2.45) is 11.8 Å². The molecular weight excluding hydrogens is 220 g/mol. The van der Waals surface area contributed by atoms with Gasteiger partial charge in [0.05, 0.1) is 25.0 Å². The monoisotopic (exact) mass is 240 g/mol. The molecule has 0 amide bonds. The maximum Gasteiger partial charge on any atom is 0.312 e. The van der Waals surface area contributed by atoms with E-state index in [1.807, 2.05) is 13.0 Å². The van der Waals surface area contributed by atoms with E-state index >= 15 is 0 Å². The summed E-state index contributed by atoms with van der Waals surface area (Å²) in [5.74, 6) is -0.984. The van der Waals surface area contributed by atoms with Gasteiger partial charge < -0.3 is 9.47 Å². The Balaban J connectivity index is 2.67. The lowest BCUT2D eigenvalue weighted by Crippen LogP contribution is -2.28. The predicted molar refractivity (Wildman–Crippen MR) is 63.2 cm³/mol. The summed E-state index contributed by atoms with van der Waals surface area (Å²) in [6, 6.07) is 0. The fraction of sp³-hybridized carbons (Fsp3) is 0.692. The van der Waals surface area contributed by atoms with Crippen LogP contribution in [-0.4, -0.2) is 25.2 Å². The van der Waals surface area contributed by atoms with Crippen molar-refractivity contribution in [2.75, 3.05) is 13.2 Å². The van der Waals surface area contributed by atoms with Gasteiger partial charge in [0.2, 0.25) is 0 Å². The maximum atomic E-state index is 11.7. The summed E-state index contributed by atoms with van der Waals surface area (Å²) >= 11 is 0. The lowest BCUT2D eigenvalue weighted by atomic mass is 9.83. The SMILES string of the molecule is CCOC(=O)C1C=C(C)CC(C(=O)OCC)C1. The van der Waals surface area contributed by atoms with Crippen molar-refractivity contribution >= 4 is 11.9 Å². The Kier molecular flexibility index (Phi) is 5.19. The first-order valence-corrected chi connectivity index (χ1v) is 6.09. The van der Waals surface area contributed by atoms with E-state index in [1.54, 1.807) is 13.8 Å². The largest absolute Gasteiger partial charge is 0.466 e. The van der Waals surface area contributed by atoms with Crippen molar-refractivity contribution in [3.05, 3.63) is 11.6 Å². The Hall–Kier alpha value is -1.32. The van der Waals surface area contributed by atoms with Crippen molar-refractivity contribution in [1.82, 2.24) is 0 Å². The van der Waals surface area contributed by atoms with Crippen LogP contribution in [-0.2, 0) is 19.1 Å². The van der Waals surface area contributed by atoms with Crippen molar-refractivity contribution in [3.8, 4) is 0 Å². The van der Waals surface area contributed by atoms with E-state index in [9.17, 15) is 9.59 Å². The summed E-state index contributed by atoms with van der Waals surface area (Å²) in [6.45, 7) is 6.23. The van der Waals surface area contributed by atoms with E-state index in [4.69, 9.17) is 9.47 Å². The molecule has 0 aromatic rings. The van der Waals surface area contributed by atoms with Crippen LogP contribution in [0.2, 0.25) is 0 Å². The minimum absolute atomic E-state index is 0.214. The molecule has 1 aliphatic carbocycles. The number of ether oxygens (including phenoxy) is 2. The molecule has 0 aromatic carbocycles. The van der Waals surface area contributed by atoms with Gasteiger partial charge in [-0.25, -0.2) is 0 Å². The van der Waals surface area contributed by atoms with Crippen LogP contribution in [0.15, 0.2) is 11.6 Å². The molecule has 0 bridgehead atoms. The third kappa shape index (κ3) is 3.88. The van der Waals surface area contributed by atoms with Gasteiger partial charge >= 0.3 is 11.9 Å². The second kappa shape index (κ2) is 6.42. The molecule has 2 unspecified atom stereocenters. The molecule has 1 rings (SSSR count). The van der Waals surface area contributed by atoms with Crippen LogP contribution in [0.1, 0.15) is 33.6 Å². The standard InChI is InChI=1S/C13H20O4/c1-4-16-12(14)10-6-9(3)7-11(8-10)13(15)17-5-2/h6,10-11H,4-5,7-8H2,1-3H3. The van der Waals surface area contributed by atoms with Gasteiger partial charge in [0, 0.05) is 0 Å². The molecule has 2 atom stereocenters. The first-order chi connectivity index (χ1) is 8.08. The molecule has 0 fully saturated rings. The smallest absolute Gasteiger partial charge is 0.312 e. The molecule has 17 heavy (non-hydrogen) atoms. The lowest BCUT2D eigenvalue weighted by Gasteiger charge is -2.24. The van der Waals surface area contributed by atoms with Crippen LogP contribution >= 0.6 is 0 Å². The van der Waals surface area contributed by atoms with Crippen molar-refractivity contribution in [3.63, 3.8) is 0 Å². The zero-order chi connectivity index (χ0) is 12.8. The molecule has 0 heterocycles. The maximum absolute atomic E-state index is 11.7. The van der Waals surface area contributed by atoms with Gasteiger partial charge in [-0.1, -0.05) is 11.6 Å². The van der Waals surface area contributed by atoms with Gasteiger partial charge in [-0.2, -0.15) is 0 Å². The Bertz CT molecular complexity index is 319. The van der Waals surface area contributed by atoms with Crippen LogP contribution in [0.5, 0.6) is 0 Å². The third-order valence-electron chi connectivity index (χ3n) is 2.80. The normalized spacial score (nSPS) is 23.8. The highest BCUT2D eigenvalue weighted by Crippen LogP contribution is 2.29. The highest BCUT2D eigenvalue weighted by Gasteiger charge is 2.31. The molecule has 1 aliphatic rings. The van der Waals surface area contributed by atoms with Gasteiger partial charge in [-0.3, -0.25) is 9.59 Å². The second-order valence-electron chi connectivity index (χ2n) is 4.26. The van der Waals surface area contributed by atoms with Crippen LogP contribution in [0.4, 0.5) is 0 Å². The summed E-state index contributed by atoms with van der Waals surface area (Å²) in [6.07, 6.45) is 3.07. The van der Waals surface area contributed by atoms with E-state index in [1.165, 1.54) is 0 Å². The van der Waals surface area contributed by atoms with Gasteiger partial charge in [-0.15, -0.1) is 0 Å². The van der Waals surface area contributed by atoms with Gasteiger partial charge in [0.15, 0.2) is 0 Å². The van der Waals surface area contributed by atoms with E-state index in [2.05, 4.69) is 0 Å².